The van der Waals surface area contributed by atoms with Gasteiger partial charge in [-0.1, -0.05) is 35.9 Å². The van der Waals surface area contributed by atoms with Gasteiger partial charge >= 0.3 is 0 Å². The van der Waals surface area contributed by atoms with E-state index in [2.05, 4.69) is 9.62 Å². The first-order valence-corrected chi connectivity index (χ1v) is 10.9. The number of rotatable bonds is 7. The van der Waals surface area contributed by atoms with Gasteiger partial charge in [-0.3, -0.25) is 9.69 Å². The van der Waals surface area contributed by atoms with E-state index in [1.54, 1.807) is 6.07 Å². The molecule has 0 spiro atoms. The van der Waals surface area contributed by atoms with Crippen molar-refractivity contribution in [1.82, 2.24) is 9.62 Å². The number of carbonyl (C=O) groups excluding carboxylic acids is 1. The normalized spacial score (nSPS) is 16.6. The molecule has 150 valence electrons. The maximum Gasteiger partial charge on any atom is 0.240 e. The number of carbonyl (C=O) groups is 1. The van der Waals surface area contributed by atoms with Crippen LogP contribution in [0.25, 0.3) is 0 Å². The molecule has 1 fully saturated rings. The van der Waals surface area contributed by atoms with Crippen molar-refractivity contribution < 1.29 is 17.9 Å². The number of nitrogens with zero attached hydrogens (tertiary/aromatic N) is 1. The average molecular weight is 423 g/mol. The van der Waals surface area contributed by atoms with Crippen LogP contribution in [0, 0.1) is 0 Å². The number of nitrogens with one attached hydrogen (secondary N) is 1. The van der Waals surface area contributed by atoms with E-state index in [9.17, 15) is 13.2 Å². The molecule has 0 aromatic heterocycles. The van der Waals surface area contributed by atoms with E-state index in [1.165, 1.54) is 31.2 Å². The molecule has 0 radical (unpaired) electrons. The predicted octanol–water partition coefficient (Wildman–Crippen LogP) is 2.89. The molecule has 0 saturated carbocycles. The molecule has 2 aromatic carbocycles. The maximum absolute atomic E-state index is 12.7. The fraction of sp³-hybridized carbons (Fsp3) is 0.350. The molecule has 0 aliphatic carbocycles. The molecule has 1 N–H and O–H groups in total. The number of halogens is 1. The van der Waals surface area contributed by atoms with E-state index in [-0.39, 0.29) is 23.3 Å². The standard InChI is InChI=1S/C20H23ClN2O4S/c1-15(24)16-5-7-19(8-6-16)28(25,26)22-14-20(23-9-11-27-12-10-23)17-3-2-4-18(21)13-17/h2-8,13,20,22H,9-12,14H2,1H3. The highest BCUT2D eigenvalue weighted by atomic mass is 35.5. The van der Waals surface area contributed by atoms with Gasteiger partial charge in [0.2, 0.25) is 10.0 Å². The van der Waals surface area contributed by atoms with Gasteiger partial charge in [0.15, 0.2) is 5.78 Å². The number of hydrogen-bond acceptors (Lipinski definition) is 5. The number of morpholine rings is 1. The molecular formula is C20H23ClN2O4S. The van der Waals surface area contributed by atoms with Crippen molar-refractivity contribution in [1.29, 1.82) is 0 Å². The van der Waals surface area contributed by atoms with Gasteiger partial charge in [0.1, 0.15) is 0 Å². The molecule has 1 aliphatic heterocycles. The molecule has 0 amide bonds. The summed E-state index contributed by atoms with van der Waals surface area (Å²) in [5.41, 5.74) is 1.42. The smallest absolute Gasteiger partial charge is 0.240 e. The summed E-state index contributed by atoms with van der Waals surface area (Å²) < 4.78 is 33.6. The monoisotopic (exact) mass is 422 g/mol. The summed E-state index contributed by atoms with van der Waals surface area (Å²) in [5, 5.41) is 0.610. The third kappa shape index (κ3) is 5.18. The highest BCUT2D eigenvalue weighted by Gasteiger charge is 2.25. The molecule has 6 nitrogen and oxygen atoms in total. The van der Waals surface area contributed by atoms with Crippen LogP contribution in [0.3, 0.4) is 0 Å². The zero-order valence-corrected chi connectivity index (χ0v) is 17.2. The minimum atomic E-state index is -3.71. The second kappa shape index (κ2) is 9.15. The molecule has 28 heavy (non-hydrogen) atoms. The lowest BCUT2D eigenvalue weighted by atomic mass is 10.1. The van der Waals surface area contributed by atoms with E-state index in [1.807, 2.05) is 18.2 Å². The minimum absolute atomic E-state index is 0.106. The molecule has 0 bridgehead atoms. The minimum Gasteiger partial charge on any atom is -0.379 e. The SMILES string of the molecule is CC(=O)c1ccc(S(=O)(=O)NCC(c2cccc(Cl)c2)N2CCOCC2)cc1. The van der Waals surface area contributed by atoms with Crippen molar-refractivity contribution in [3.63, 3.8) is 0 Å². The highest BCUT2D eigenvalue weighted by Crippen LogP contribution is 2.24. The first kappa shape index (κ1) is 21.0. The van der Waals surface area contributed by atoms with Gasteiger partial charge in [-0.25, -0.2) is 13.1 Å². The summed E-state index contributed by atoms with van der Waals surface area (Å²) in [6.07, 6.45) is 0. The first-order valence-electron chi connectivity index (χ1n) is 9.05. The van der Waals surface area contributed by atoms with Gasteiger partial charge in [-0.05, 0) is 36.8 Å². The summed E-state index contributed by atoms with van der Waals surface area (Å²) in [4.78, 5) is 13.7. The number of benzene rings is 2. The Morgan fingerprint density at radius 1 is 1.18 bits per heavy atom. The van der Waals surface area contributed by atoms with Crippen molar-refractivity contribution in [3.8, 4) is 0 Å². The Morgan fingerprint density at radius 2 is 1.86 bits per heavy atom. The van der Waals surface area contributed by atoms with Crippen LogP contribution in [0.4, 0.5) is 0 Å². The second-order valence-corrected chi connectivity index (χ2v) is 8.85. The van der Waals surface area contributed by atoms with Gasteiger partial charge < -0.3 is 4.74 Å². The van der Waals surface area contributed by atoms with E-state index in [4.69, 9.17) is 16.3 Å². The highest BCUT2D eigenvalue weighted by molar-refractivity contribution is 7.89. The zero-order valence-electron chi connectivity index (χ0n) is 15.6. The number of ketones is 1. The lowest BCUT2D eigenvalue weighted by molar-refractivity contribution is 0.0172. The van der Waals surface area contributed by atoms with Crippen LogP contribution in [-0.4, -0.2) is 51.9 Å². The Morgan fingerprint density at radius 3 is 2.46 bits per heavy atom. The van der Waals surface area contributed by atoms with Crippen molar-refractivity contribution in [2.75, 3.05) is 32.8 Å². The Kier molecular flexibility index (Phi) is 6.85. The van der Waals surface area contributed by atoms with Gasteiger partial charge in [0.25, 0.3) is 0 Å². The number of Topliss-reactive ketones (excluding diaryl/α,β-unsaturated/α-hetero) is 1. The van der Waals surface area contributed by atoms with Crippen LogP contribution in [-0.2, 0) is 14.8 Å². The quantitative estimate of drug-likeness (QED) is 0.694. The van der Waals surface area contributed by atoms with Gasteiger partial charge in [-0.15, -0.1) is 0 Å². The summed E-state index contributed by atoms with van der Waals surface area (Å²) >= 11 is 6.14. The zero-order chi connectivity index (χ0) is 20.1. The maximum atomic E-state index is 12.7. The molecule has 1 atom stereocenters. The van der Waals surface area contributed by atoms with Crippen LogP contribution in [0.15, 0.2) is 53.4 Å². The molecule has 1 saturated heterocycles. The van der Waals surface area contributed by atoms with Crippen LogP contribution in [0.1, 0.15) is 28.9 Å². The Hall–Kier alpha value is -1.77. The molecule has 1 heterocycles. The third-order valence-electron chi connectivity index (χ3n) is 4.76. The van der Waals surface area contributed by atoms with Crippen LogP contribution < -0.4 is 4.72 Å². The number of hydrogen-bond donors (Lipinski definition) is 1. The third-order valence-corrected chi connectivity index (χ3v) is 6.43. The average Bonchev–Trinajstić information content (AvgIpc) is 2.69. The molecule has 8 heteroatoms. The molecule has 2 aromatic rings. The largest absolute Gasteiger partial charge is 0.379 e. The van der Waals surface area contributed by atoms with Gasteiger partial charge in [-0.2, -0.15) is 0 Å². The summed E-state index contributed by atoms with van der Waals surface area (Å²) in [5.74, 6) is -0.106. The van der Waals surface area contributed by atoms with E-state index < -0.39 is 10.0 Å². The lowest BCUT2D eigenvalue weighted by Gasteiger charge is -2.35. The topological polar surface area (TPSA) is 75.7 Å². The van der Waals surface area contributed by atoms with Crippen LogP contribution in [0.2, 0.25) is 5.02 Å². The van der Waals surface area contributed by atoms with Gasteiger partial charge in [0, 0.05) is 36.3 Å². The Balaban J connectivity index is 1.79. The van der Waals surface area contributed by atoms with Crippen molar-refractivity contribution in [3.05, 3.63) is 64.7 Å². The molecule has 3 rings (SSSR count). The van der Waals surface area contributed by atoms with Crippen LogP contribution >= 0.6 is 11.6 Å². The fourth-order valence-electron chi connectivity index (χ4n) is 3.20. The predicted molar refractivity (Wildman–Crippen MR) is 108 cm³/mol. The van der Waals surface area contributed by atoms with E-state index in [0.717, 1.165) is 5.56 Å². The lowest BCUT2D eigenvalue weighted by Crippen LogP contribution is -2.43. The second-order valence-electron chi connectivity index (χ2n) is 6.65. The van der Waals surface area contributed by atoms with Crippen LogP contribution in [0.5, 0.6) is 0 Å². The summed E-state index contributed by atoms with van der Waals surface area (Å²) in [6.45, 7) is 4.29. The van der Waals surface area contributed by atoms with Crippen molar-refractivity contribution in [2.24, 2.45) is 0 Å². The summed E-state index contributed by atoms with van der Waals surface area (Å²) in [7, 11) is -3.71. The Bertz CT molecular complexity index is 925. The Labute approximate surface area is 170 Å². The van der Waals surface area contributed by atoms with Crippen molar-refractivity contribution >= 4 is 27.4 Å². The summed E-state index contributed by atoms with van der Waals surface area (Å²) in [6, 6.07) is 13.2. The number of sulfonamides is 1. The molecule has 1 unspecified atom stereocenters. The van der Waals surface area contributed by atoms with E-state index in [0.29, 0.717) is 36.9 Å². The fourth-order valence-corrected chi connectivity index (χ4v) is 4.44. The molecule has 1 aliphatic rings. The molecular weight excluding hydrogens is 400 g/mol. The number of ether oxygens (including phenoxy) is 1. The first-order chi connectivity index (χ1) is 13.4. The van der Waals surface area contributed by atoms with Crippen molar-refractivity contribution in [2.45, 2.75) is 17.9 Å². The van der Waals surface area contributed by atoms with E-state index >= 15 is 0 Å². The van der Waals surface area contributed by atoms with Gasteiger partial charge in [0.05, 0.1) is 18.1 Å².